The fourth-order valence-corrected chi connectivity index (χ4v) is 1.60. The van der Waals surface area contributed by atoms with Gasteiger partial charge in [-0.2, -0.15) is 0 Å². The van der Waals surface area contributed by atoms with Crippen molar-refractivity contribution in [3.05, 3.63) is 71.3 Å². The molecule has 0 amide bonds. The lowest BCUT2D eigenvalue weighted by atomic mass is 9.99. The standard InChI is InChI=1S/C14H14N/c1-11-7-9-13(10-8-11)14(15)12-5-3-2-4-6-12/h2-10,14-15H,1H3. The van der Waals surface area contributed by atoms with Gasteiger partial charge in [0.05, 0.1) is 6.04 Å². The van der Waals surface area contributed by atoms with Gasteiger partial charge in [0.2, 0.25) is 0 Å². The molecule has 2 aromatic rings. The molecule has 0 spiro atoms. The molecule has 0 aromatic heterocycles. The maximum atomic E-state index is 8.12. The summed E-state index contributed by atoms with van der Waals surface area (Å²) in [5, 5.41) is 0. The maximum absolute atomic E-state index is 8.12. The van der Waals surface area contributed by atoms with Crippen LogP contribution < -0.4 is 5.73 Å². The van der Waals surface area contributed by atoms with Crippen molar-refractivity contribution in [1.29, 1.82) is 0 Å². The molecule has 0 heterocycles. The van der Waals surface area contributed by atoms with Crippen LogP contribution in [0.25, 0.3) is 0 Å². The van der Waals surface area contributed by atoms with E-state index in [2.05, 4.69) is 19.1 Å². The fourth-order valence-electron chi connectivity index (χ4n) is 1.60. The van der Waals surface area contributed by atoms with Crippen molar-refractivity contribution in [3.63, 3.8) is 0 Å². The Morgan fingerprint density at radius 3 is 1.93 bits per heavy atom. The second kappa shape index (κ2) is 4.28. The van der Waals surface area contributed by atoms with Crippen LogP contribution in [-0.2, 0) is 0 Å². The third kappa shape index (κ3) is 2.25. The summed E-state index contributed by atoms with van der Waals surface area (Å²) in [6.07, 6.45) is 0. The van der Waals surface area contributed by atoms with Gasteiger partial charge < -0.3 is 0 Å². The third-order valence-electron chi connectivity index (χ3n) is 2.54. The van der Waals surface area contributed by atoms with Gasteiger partial charge in [0.1, 0.15) is 0 Å². The molecule has 1 radical (unpaired) electrons. The van der Waals surface area contributed by atoms with Crippen LogP contribution >= 0.6 is 0 Å². The number of rotatable bonds is 2. The van der Waals surface area contributed by atoms with Crippen LogP contribution in [0.2, 0.25) is 0 Å². The van der Waals surface area contributed by atoms with E-state index in [1.807, 2.05) is 42.5 Å². The third-order valence-corrected chi connectivity index (χ3v) is 2.54. The number of aryl methyl sites for hydroxylation is 1. The molecule has 0 saturated carbocycles. The van der Waals surface area contributed by atoms with E-state index in [4.69, 9.17) is 5.73 Å². The first-order valence-corrected chi connectivity index (χ1v) is 5.10. The lowest BCUT2D eigenvalue weighted by molar-refractivity contribution is 0.839. The first kappa shape index (κ1) is 9.94. The smallest absolute Gasteiger partial charge is 0.0712 e. The van der Waals surface area contributed by atoms with Gasteiger partial charge in [-0.25, -0.2) is 5.73 Å². The Morgan fingerprint density at radius 2 is 1.33 bits per heavy atom. The zero-order valence-corrected chi connectivity index (χ0v) is 8.77. The fraction of sp³-hybridized carbons (Fsp3) is 0.143. The van der Waals surface area contributed by atoms with E-state index < -0.39 is 0 Å². The molecule has 0 bridgehead atoms. The van der Waals surface area contributed by atoms with Gasteiger partial charge in [-0.3, -0.25) is 0 Å². The highest BCUT2D eigenvalue weighted by molar-refractivity contribution is 5.32. The summed E-state index contributed by atoms with van der Waals surface area (Å²) < 4.78 is 0. The molecule has 1 unspecified atom stereocenters. The first-order chi connectivity index (χ1) is 7.27. The molecule has 1 nitrogen and oxygen atoms in total. The van der Waals surface area contributed by atoms with E-state index in [-0.39, 0.29) is 6.04 Å². The number of hydrogen-bond donors (Lipinski definition) is 0. The first-order valence-electron chi connectivity index (χ1n) is 5.10. The van der Waals surface area contributed by atoms with Crippen LogP contribution in [0.4, 0.5) is 0 Å². The second-order valence-corrected chi connectivity index (χ2v) is 3.75. The average molecular weight is 196 g/mol. The summed E-state index contributed by atoms with van der Waals surface area (Å²) in [6.45, 7) is 2.06. The van der Waals surface area contributed by atoms with Crippen LogP contribution in [0.15, 0.2) is 54.6 Å². The molecule has 0 fully saturated rings. The van der Waals surface area contributed by atoms with E-state index in [9.17, 15) is 0 Å². The quantitative estimate of drug-likeness (QED) is 0.703. The molecule has 2 aromatic carbocycles. The molecule has 0 saturated heterocycles. The summed E-state index contributed by atoms with van der Waals surface area (Å²) in [5.74, 6) is 0. The van der Waals surface area contributed by atoms with Crippen molar-refractivity contribution in [2.45, 2.75) is 13.0 Å². The van der Waals surface area contributed by atoms with Gasteiger partial charge in [-0.1, -0.05) is 60.2 Å². The predicted molar refractivity (Wildman–Crippen MR) is 62.6 cm³/mol. The highest BCUT2D eigenvalue weighted by atomic mass is 14.6. The normalized spacial score (nSPS) is 12.4. The molecular formula is C14H14N. The number of benzene rings is 2. The van der Waals surface area contributed by atoms with Gasteiger partial charge in [-0.05, 0) is 18.1 Å². The minimum atomic E-state index is -0.271. The Bertz CT molecular complexity index is 417. The molecular weight excluding hydrogens is 182 g/mol. The maximum Gasteiger partial charge on any atom is 0.0712 e. The molecule has 0 aliphatic carbocycles. The van der Waals surface area contributed by atoms with Crippen LogP contribution in [0.5, 0.6) is 0 Å². The van der Waals surface area contributed by atoms with Crippen molar-refractivity contribution in [3.8, 4) is 0 Å². The molecule has 0 aliphatic rings. The van der Waals surface area contributed by atoms with Crippen molar-refractivity contribution in [2.75, 3.05) is 0 Å². The van der Waals surface area contributed by atoms with Gasteiger partial charge in [-0.15, -0.1) is 0 Å². The van der Waals surface area contributed by atoms with Crippen LogP contribution in [0.3, 0.4) is 0 Å². The Morgan fingerprint density at radius 1 is 0.800 bits per heavy atom. The Kier molecular flexibility index (Phi) is 2.84. The second-order valence-electron chi connectivity index (χ2n) is 3.75. The zero-order chi connectivity index (χ0) is 10.7. The molecule has 75 valence electrons. The summed E-state index contributed by atoms with van der Waals surface area (Å²) in [7, 11) is 0. The Labute approximate surface area is 90.6 Å². The van der Waals surface area contributed by atoms with Crippen molar-refractivity contribution >= 4 is 0 Å². The molecule has 1 N–H and O–H groups in total. The number of nitrogens with one attached hydrogen (secondary N) is 1. The van der Waals surface area contributed by atoms with E-state index >= 15 is 0 Å². The summed E-state index contributed by atoms with van der Waals surface area (Å²) in [5.41, 5.74) is 11.5. The number of hydrogen-bond acceptors (Lipinski definition) is 0. The minimum Gasteiger partial charge on any atom is -0.245 e. The van der Waals surface area contributed by atoms with Crippen LogP contribution in [-0.4, -0.2) is 0 Å². The highest BCUT2D eigenvalue weighted by Gasteiger charge is 2.07. The molecule has 1 heteroatoms. The molecule has 15 heavy (non-hydrogen) atoms. The van der Waals surface area contributed by atoms with E-state index in [1.165, 1.54) is 5.56 Å². The largest absolute Gasteiger partial charge is 0.245 e. The van der Waals surface area contributed by atoms with Gasteiger partial charge in [0.25, 0.3) is 0 Å². The van der Waals surface area contributed by atoms with E-state index in [0.29, 0.717) is 0 Å². The van der Waals surface area contributed by atoms with Crippen LogP contribution in [0.1, 0.15) is 22.7 Å². The highest BCUT2D eigenvalue weighted by Crippen LogP contribution is 2.20. The van der Waals surface area contributed by atoms with E-state index in [1.54, 1.807) is 0 Å². The average Bonchev–Trinajstić information content (AvgIpc) is 2.30. The minimum absolute atomic E-state index is 0.271. The van der Waals surface area contributed by atoms with Gasteiger partial charge in [0, 0.05) is 0 Å². The van der Waals surface area contributed by atoms with Gasteiger partial charge >= 0.3 is 0 Å². The SMILES string of the molecule is Cc1ccc(C([NH])c2ccccc2)cc1. The van der Waals surface area contributed by atoms with Crippen LogP contribution in [0, 0.1) is 6.92 Å². The summed E-state index contributed by atoms with van der Waals surface area (Å²) in [4.78, 5) is 0. The predicted octanol–water partition coefficient (Wildman–Crippen LogP) is 3.37. The molecule has 2 rings (SSSR count). The molecule has 1 atom stereocenters. The molecule has 0 aliphatic heterocycles. The van der Waals surface area contributed by atoms with Crippen molar-refractivity contribution in [2.24, 2.45) is 0 Å². The summed E-state index contributed by atoms with van der Waals surface area (Å²) >= 11 is 0. The zero-order valence-electron chi connectivity index (χ0n) is 8.77. The van der Waals surface area contributed by atoms with E-state index in [0.717, 1.165) is 11.1 Å². The summed E-state index contributed by atoms with van der Waals surface area (Å²) in [6, 6.07) is 17.8. The Balaban J connectivity index is 2.29. The lowest BCUT2D eigenvalue weighted by Crippen LogP contribution is -2.01. The topological polar surface area (TPSA) is 23.8 Å². The lowest BCUT2D eigenvalue weighted by Gasteiger charge is -2.11. The monoisotopic (exact) mass is 196 g/mol. The van der Waals surface area contributed by atoms with Gasteiger partial charge in [0.15, 0.2) is 0 Å². The Hall–Kier alpha value is -1.60. The van der Waals surface area contributed by atoms with Crippen molar-refractivity contribution in [1.82, 2.24) is 5.73 Å². The van der Waals surface area contributed by atoms with Crippen molar-refractivity contribution < 1.29 is 0 Å².